The van der Waals surface area contributed by atoms with Gasteiger partial charge in [0.1, 0.15) is 5.75 Å². The van der Waals surface area contributed by atoms with Gasteiger partial charge in [0.05, 0.1) is 17.9 Å². The zero-order valence-corrected chi connectivity index (χ0v) is 16.7. The van der Waals surface area contributed by atoms with E-state index in [-0.39, 0.29) is 24.9 Å². The SMILES string of the molecule is CN1C(=O)NCc2c(NC(=O)/C=C3\CCCOc4cc(C(F)(F)F)ccc43)cccc21. The van der Waals surface area contributed by atoms with Gasteiger partial charge < -0.3 is 15.4 Å². The van der Waals surface area contributed by atoms with Gasteiger partial charge in [-0.05, 0) is 42.7 Å². The minimum Gasteiger partial charge on any atom is -0.493 e. The van der Waals surface area contributed by atoms with E-state index < -0.39 is 17.6 Å². The molecule has 2 heterocycles. The van der Waals surface area contributed by atoms with Crippen LogP contribution in [-0.2, 0) is 17.5 Å². The average molecular weight is 431 g/mol. The number of anilines is 2. The van der Waals surface area contributed by atoms with E-state index in [1.807, 2.05) is 0 Å². The molecule has 2 aliphatic heterocycles. The summed E-state index contributed by atoms with van der Waals surface area (Å²) in [5.41, 5.74) is 2.32. The number of nitrogens with one attached hydrogen (secondary N) is 2. The van der Waals surface area contributed by atoms with Crippen molar-refractivity contribution in [3.63, 3.8) is 0 Å². The van der Waals surface area contributed by atoms with Gasteiger partial charge in [0.25, 0.3) is 0 Å². The van der Waals surface area contributed by atoms with Crippen molar-refractivity contribution >= 4 is 28.9 Å². The number of amides is 3. The Kier molecular flexibility index (Phi) is 5.34. The Balaban J connectivity index is 1.62. The summed E-state index contributed by atoms with van der Waals surface area (Å²) in [4.78, 5) is 26.0. The number of nitrogens with zero attached hydrogens (tertiary/aromatic N) is 1. The molecule has 0 saturated carbocycles. The Labute approximate surface area is 176 Å². The maximum Gasteiger partial charge on any atom is 0.416 e. The van der Waals surface area contributed by atoms with Gasteiger partial charge in [0, 0.05) is 36.5 Å². The maximum atomic E-state index is 13.0. The maximum absolute atomic E-state index is 13.0. The van der Waals surface area contributed by atoms with Crippen LogP contribution < -0.4 is 20.3 Å². The number of ether oxygens (including phenoxy) is 1. The molecule has 0 bridgehead atoms. The molecule has 4 rings (SSSR count). The quantitative estimate of drug-likeness (QED) is 0.685. The Morgan fingerprint density at radius 2 is 2.06 bits per heavy atom. The fourth-order valence-corrected chi connectivity index (χ4v) is 3.72. The summed E-state index contributed by atoms with van der Waals surface area (Å²) in [7, 11) is 1.64. The largest absolute Gasteiger partial charge is 0.493 e. The highest BCUT2D eigenvalue weighted by Gasteiger charge is 2.32. The molecule has 0 unspecified atom stereocenters. The van der Waals surface area contributed by atoms with Gasteiger partial charge in [0.2, 0.25) is 5.91 Å². The molecule has 0 saturated heterocycles. The summed E-state index contributed by atoms with van der Waals surface area (Å²) in [5, 5.41) is 5.56. The molecule has 0 aliphatic carbocycles. The normalized spacial score (nSPS) is 17.2. The first-order valence-corrected chi connectivity index (χ1v) is 9.73. The van der Waals surface area contributed by atoms with Crippen molar-refractivity contribution in [2.24, 2.45) is 0 Å². The second-order valence-corrected chi connectivity index (χ2v) is 7.34. The van der Waals surface area contributed by atoms with Gasteiger partial charge in [-0.15, -0.1) is 0 Å². The number of rotatable bonds is 2. The van der Waals surface area contributed by atoms with Crippen LogP contribution in [0.25, 0.3) is 5.57 Å². The monoisotopic (exact) mass is 431 g/mol. The molecule has 0 radical (unpaired) electrons. The number of benzene rings is 2. The number of carbonyl (C=O) groups is 2. The first kappa shape index (κ1) is 20.8. The molecule has 2 aliphatic rings. The smallest absolute Gasteiger partial charge is 0.416 e. The van der Waals surface area contributed by atoms with E-state index in [9.17, 15) is 22.8 Å². The lowest BCUT2D eigenvalue weighted by molar-refractivity contribution is -0.137. The number of hydrogen-bond donors (Lipinski definition) is 2. The fourth-order valence-electron chi connectivity index (χ4n) is 3.72. The zero-order chi connectivity index (χ0) is 22.2. The van der Waals surface area contributed by atoms with Crippen LogP contribution in [0.2, 0.25) is 0 Å². The Hall–Kier alpha value is -3.49. The lowest BCUT2D eigenvalue weighted by Gasteiger charge is -2.28. The van der Waals surface area contributed by atoms with Gasteiger partial charge in [-0.1, -0.05) is 12.1 Å². The third-order valence-corrected chi connectivity index (χ3v) is 5.30. The van der Waals surface area contributed by atoms with Crippen molar-refractivity contribution in [1.29, 1.82) is 0 Å². The van der Waals surface area contributed by atoms with Crippen molar-refractivity contribution in [3.8, 4) is 5.75 Å². The van der Waals surface area contributed by atoms with E-state index >= 15 is 0 Å². The van der Waals surface area contributed by atoms with Gasteiger partial charge >= 0.3 is 12.2 Å². The first-order chi connectivity index (χ1) is 14.7. The topological polar surface area (TPSA) is 70.7 Å². The number of alkyl halides is 3. The highest BCUT2D eigenvalue weighted by atomic mass is 19.4. The van der Waals surface area contributed by atoms with E-state index in [0.29, 0.717) is 35.4 Å². The van der Waals surface area contributed by atoms with Crippen LogP contribution in [0.3, 0.4) is 0 Å². The molecule has 0 atom stereocenters. The molecule has 2 aromatic carbocycles. The Morgan fingerprint density at radius 1 is 1.26 bits per heavy atom. The number of fused-ring (bicyclic) bond motifs is 2. The van der Waals surface area contributed by atoms with Gasteiger partial charge in [-0.2, -0.15) is 13.2 Å². The Bertz CT molecular complexity index is 1080. The molecule has 2 aromatic rings. The highest BCUT2D eigenvalue weighted by Crippen LogP contribution is 2.38. The van der Waals surface area contributed by atoms with E-state index in [2.05, 4.69) is 10.6 Å². The minimum absolute atomic E-state index is 0.118. The van der Waals surface area contributed by atoms with Crippen LogP contribution in [0.5, 0.6) is 5.75 Å². The van der Waals surface area contributed by atoms with E-state index in [1.54, 1.807) is 25.2 Å². The highest BCUT2D eigenvalue weighted by molar-refractivity contribution is 6.06. The molecule has 162 valence electrons. The summed E-state index contributed by atoms with van der Waals surface area (Å²) in [6, 6.07) is 8.34. The van der Waals surface area contributed by atoms with E-state index in [0.717, 1.165) is 17.7 Å². The Morgan fingerprint density at radius 3 is 2.84 bits per heavy atom. The lowest BCUT2D eigenvalue weighted by Crippen LogP contribution is -2.41. The number of halogens is 3. The fraction of sp³-hybridized carbons (Fsp3) is 0.273. The van der Waals surface area contributed by atoms with Crippen LogP contribution in [-0.4, -0.2) is 25.6 Å². The van der Waals surface area contributed by atoms with Crippen molar-refractivity contribution in [2.45, 2.75) is 25.6 Å². The predicted octanol–water partition coefficient (Wildman–Crippen LogP) is 4.56. The second kappa shape index (κ2) is 7.98. The van der Waals surface area contributed by atoms with E-state index in [4.69, 9.17) is 4.74 Å². The van der Waals surface area contributed by atoms with Gasteiger partial charge in [0.15, 0.2) is 0 Å². The van der Waals surface area contributed by atoms with Crippen LogP contribution in [0.15, 0.2) is 42.5 Å². The lowest BCUT2D eigenvalue weighted by atomic mass is 9.99. The molecule has 6 nitrogen and oxygen atoms in total. The number of urea groups is 1. The zero-order valence-electron chi connectivity index (χ0n) is 16.7. The average Bonchev–Trinajstić information content (AvgIpc) is 2.92. The van der Waals surface area contributed by atoms with E-state index in [1.165, 1.54) is 17.0 Å². The summed E-state index contributed by atoms with van der Waals surface area (Å²) in [6.45, 7) is 0.550. The van der Waals surface area contributed by atoms with Crippen LogP contribution in [0.4, 0.5) is 29.3 Å². The summed E-state index contributed by atoms with van der Waals surface area (Å²) in [6.07, 6.45) is -2.00. The number of allylic oxidation sites excluding steroid dienone is 1. The number of hydrogen-bond acceptors (Lipinski definition) is 3. The third-order valence-electron chi connectivity index (χ3n) is 5.30. The van der Waals surface area contributed by atoms with Crippen molar-refractivity contribution in [3.05, 3.63) is 59.2 Å². The molecule has 31 heavy (non-hydrogen) atoms. The molecular formula is C22H20F3N3O3. The van der Waals surface area contributed by atoms with Gasteiger partial charge in [-0.3, -0.25) is 9.69 Å². The molecular weight excluding hydrogens is 411 g/mol. The predicted molar refractivity (Wildman–Crippen MR) is 110 cm³/mol. The minimum atomic E-state index is -4.47. The summed E-state index contributed by atoms with van der Waals surface area (Å²) in [5.74, 6) is -0.288. The molecule has 2 N–H and O–H groups in total. The molecule has 0 fully saturated rings. The molecule has 3 amide bonds. The standard InChI is InChI=1S/C22H20F3N3O3/c1-28-18-6-2-5-17(16(18)12-26-21(28)30)27-20(29)10-13-4-3-9-31-19-11-14(22(23,24)25)7-8-15(13)19/h2,5-8,10-11H,3-4,9,12H2,1H3,(H,26,30)(H,27,29)/b13-10+. The molecule has 9 heteroatoms. The van der Waals surface area contributed by atoms with Crippen molar-refractivity contribution < 1.29 is 27.5 Å². The third kappa shape index (κ3) is 4.21. The van der Waals surface area contributed by atoms with Crippen molar-refractivity contribution in [2.75, 3.05) is 23.9 Å². The summed E-state index contributed by atoms with van der Waals surface area (Å²) >= 11 is 0. The van der Waals surface area contributed by atoms with Gasteiger partial charge in [-0.25, -0.2) is 4.79 Å². The van der Waals surface area contributed by atoms with Crippen LogP contribution >= 0.6 is 0 Å². The first-order valence-electron chi connectivity index (χ1n) is 9.73. The number of carbonyl (C=O) groups excluding carboxylic acids is 2. The molecule has 0 aromatic heterocycles. The molecule has 0 spiro atoms. The van der Waals surface area contributed by atoms with Crippen LogP contribution in [0, 0.1) is 0 Å². The summed E-state index contributed by atoms with van der Waals surface area (Å²) < 4.78 is 44.6. The second-order valence-electron chi connectivity index (χ2n) is 7.34. The van der Waals surface area contributed by atoms with Crippen molar-refractivity contribution in [1.82, 2.24) is 5.32 Å². The van der Waals surface area contributed by atoms with Crippen LogP contribution in [0.1, 0.15) is 29.5 Å².